The summed E-state index contributed by atoms with van der Waals surface area (Å²) in [6, 6.07) is 9.00. The summed E-state index contributed by atoms with van der Waals surface area (Å²) in [4.78, 5) is 11.8. The Morgan fingerprint density at radius 3 is 2.79 bits per heavy atom. The van der Waals surface area contributed by atoms with Gasteiger partial charge in [-0.2, -0.15) is 4.98 Å². The topological polar surface area (TPSA) is 71.0 Å². The monoisotopic (exact) mass is 255 g/mol. The maximum absolute atomic E-state index is 9.91. The van der Waals surface area contributed by atoms with Crippen molar-refractivity contribution in [3.05, 3.63) is 35.9 Å². The highest BCUT2D eigenvalue weighted by Crippen LogP contribution is 2.29. The van der Waals surface area contributed by atoms with Crippen molar-refractivity contribution in [2.75, 3.05) is 7.11 Å². The van der Waals surface area contributed by atoms with Crippen molar-refractivity contribution in [2.24, 2.45) is 0 Å². The van der Waals surface area contributed by atoms with Crippen LogP contribution in [0.4, 0.5) is 0 Å². The smallest absolute Gasteiger partial charge is 0.215 e. The predicted octanol–water partition coefficient (Wildman–Crippen LogP) is 2.65. The number of imidazole rings is 1. The van der Waals surface area contributed by atoms with Crippen LogP contribution in [-0.4, -0.2) is 27.2 Å². The summed E-state index contributed by atoms with van der Waals surface area (Å²) < 4.78 is 5.07. The molecule has 96 valence electrons. The summed E-state index contributed by atoms with van der Waals surface area (Å²) >= 11 is 0. The number of fused-ring (bicyclic) bond motifs is 1. The van der Waals surface area contributed by atoms with E-state index < -0.39 is 0 Å². The zero-order valence-corrected chi connectivity index (χ0v) is 10.6. The van der Waals surface area contributed by atoms with Crippen LogP contribution in [-0.2, 0) is 0 Å². The number of aromatic amines is 1. The number of nitrogens with zero attached hydrogens (tertiary/aromatic N) is 2. The molecule has 0 aliphatic rings. The molecule has 0 saturated carbocycles. The highest BCUT2D eigenvalue weighted by Gasteiger charge is 2.11. The van der Waals surface area contributed by atoms with Crippen LogP contribution < -0.4 is 4.74 Å². The van der Waals surface area contributed by atoms with Gasteiger partial charge in [-0.15, -0.1) is 0 Å². The van der Waals surface area contributed by atoms with E-state index in [1.54, 1.807) is 19.2 Å². The first-order chi connectivity index (χ1) is 9.17. The molecule has 2 N–H and O–H groups in total. The summed E-state index contributed by atoms with van der Waals surface area (Å²) in [5.74, 6) is 1.30. The van der Waals surface area contributed by atoms with Gasteiger partial charge in [0.25, 0.3) is 0 Å². The van der Waals surface area contributed by atoms with Gasteiger partial charge in [-0.1, -0.05) is 11.6 Å². The normalized spacial score (nSPS) is 10.8. The molecule has 0 aliphatic heterocycles. The first kappa shape index (κ1) is 11.5. The Morgan fingerprint density at radius 2 is 2.00 bits per heavy atom. The number of nitrogens with one attached hydrogen (secondary N) is 1. The van der Waals surface area contributed by atoms with Crippen LogP contribution in [0.3, 0.4) is 0 Å². The third-order valence-electron chi connectivity index (χ3n) is 2.94. The molecule has 0 aliphatic carbocycles. The zero-order valence-electron chi connectivity index (χ0n) is 10.6. The molecule has 1 aromatic carbocycles. The molecule has 2 heterocycles. The van der Waals surface area contributed by atoms with Crippen LogP contribution in [0.1, 0.15) is 5.56 Å². The summed E-state index contributed by atoms with van der Waals surface area (Å²) in [6.45, 7) is 1.97. The highest BCUT2D eigenvalue weighted by molar-refractivity contribution is 5.78. The van der Waals surface area contributed by atoms with Gasteiger partial charge in [0.05, 0.1) is 18.2 Å². The van der Waals surface area contributed by atoms with Crippen LogP contribution in [0.5, 0.6) is 11.6 Å². The van der Waals surface area contributed by atoms with Gasteiger partial charge in [-0.05, 0) is 25.1 Å². The fourth-order valence-corrected chi connectivity index (χ4v) is 1.96. The van der Waals surface area contributed by atoms with Crippen molar-refractivity contribution >= 4 is 11.2 Å². The average Bonchev–Trinajstić information content (AvgIpc) is 2.83. The molecule has 0 fully saturated rings. The summed E-state index contributed by atoms with van der Waals surface area (Å²) in [5, 5.41) is 9.91. The van der Waals surface area contributed by atoms with E-state index in [0.29, 0.717) is 22.9 Å². The Balaban J connectivity index is 2.17. The largest absolute Gasteiger partial charge is 0.507 e. The second-order valence-electron chi connectivity index (χ2n) is 4.33. The number of H-pyrrole nitrogens is 1. The van der Waals surface area contributed by atoms with E-state index in [-0.39, 0.29) is 5.75 Å². The Morgan fingerprint density at radius 1 is 1.16 bits per heavy atom. The fourth-order valence-electron chi connectivity index (χ4n) is 1.96. The van der Waals surface area contributed by atoms with Gasteiger partial charge in [0, 0.05) is 6.07 Å². The molecule has 0 amide bonds. The number of rotatable bonds is 2. The van der Waals surface area contributed by atoms with E-state index in [0.717, 1.165) is 11.1 Å². The van der Waals surface area contributed by atoms with Crippen molar-refractivity contribution in [1.29, 1.82) is 0 Å². The van der Waals surface area contributed by atoms with E-state index in [4.69, 9.17) is 4.74 Å². The number of aryl methyl sites for hydroxylation is 1. The number of methoxy groups -OCH3 is 1. The minimum atomic E-state index is 0.191. The van der Waals surface area contributed by atoms with Crippen molar-refractivity contribution in [3.8, 4) is 23.0 Å². The number of aromatic hydroxyl groups is 1. The molecule has 2 aromatic heterocycles. The molecule has 3 rings (SSSR count). The van der Waals surface area contributed by atoms with Crippen LogP contribution in [0, 0.1) is 6.92 Å². The third kappa shape index (κ3) is 1.99. The first-order valence-electron chi connectivity index (χ1n) is 5.88. The van der Waals surface area contributed by atoms with Gasteiger partial charge in [-0.25, -0.2) is 4.98 Å². The molecule has 0 saturated heterocycles. The van der Waals surface area contributed by atoms with Crippen LogP contribution in [0.2, 0.25) is 0 Å². The molecule has 0 atom stereocenters. The van der Waals surface area contributed by atoms with Gasteiger partial charge in [0.15, 0.2) is 5.65 Å². The molecule has 0 bridgehead atoms. The predicted molar refractivity (Wildman–Crippen MR) is 72.3 cm³/mol. The number of phenols is 1. The van der Waals surface area contributed by atoms with E-state index in [9.17, 15) is 5.11 Å². The Hall–Kier alpha value is -2.56. The van der Waals surface area contributed by atoms with Crippen molar-refractivity contribution in [3.63, 3.8) is 0 Å². The third-order valence-corrected chi connectivity index (χ3v) is 2.94. The zero-order chi connectivity index (χ0) is 13.4. The van der Waals surface area contributed by atoms with E-state index in [1.165, 1.54) is 0 Å². The van der Waals surface area contributed by atoms with E-state index >= 15 is 0 Å². The van der Waals surface area contributed by atoms with Gasteiger partial charge in [0.1, 0.15) is 11.6 Å². The van der Waals surface area contributed by atoms with Crippen molar-refractivity contribution in [1.82, 2.24) is 15.0 Å². The Labute approximate surface area is 109 Å². The van der Waals surface area contributed by atoms with Gasteiger partial charge >= 0.3 is 0 Å². The standard InChI is InChI=1S/C14H13N3O2/c1-8-3-5-11(18)9(7-8)13-15-10-4-6-12(19-2)16-14(10)17-13/h3-7,18H,1-2H3,(H,15,16,17). The molecule has 5 nitrogen and oxygen atoms in total. The fraction of sp³-hybridized carbons (Fsp3) is 0.143. The summed E-state index contributed by atoms with van der Waals surface area (Å²) in [5.41, 5.74) is 3.09. The number of hydrogen-bond acceptors (Lipinski definition) is 4. The number of ether oxygens (including phenoxy) is 1. The second-order valence-corrected chi connectivity index (χ2v) is 4.33. The maximum atomic E-state index is 9.91. The quantitative estimate of drug-likeness (QED) is 0.738. The molecule has 0 spiro atoms. The Bertz CT molecular complexity index is 750. The minimum Gasteiger partial charge on any atom is -0.507 e. The van der Waals surface area contributed by atoms with Crippen molar-refractivity contribution < 1.29 is 9.84 Å². The maximum Gasteiger partial charge on any atom is 0.215 e. The summed E-state index contributed by atoms with van der Waals surface area (Å²) in [6.07, 6.45) is 0. The Kier molecular flexibility index (Phi) is 2.59. The number of aromatic nitrogens is 3. The number of hydrogen-bond donors (Lipinski definition) is 2. The van der Waals surface area contributed by atoms with Crippen LogP contribution >= 0.6 is 0 Å². The second kappa shape index (κ2) is 4.28. The van der Waals surface area contributed by atoms with Crippen LogP contribution in [0.15, 0.2) is 30.3 Å². The summed E-state index contributed by atoms with van der Waals surface area (Å²) in [7, 11) is 1.56. The lowest BCUT2D eigenvalue weighted by Crippen LogP contribution is -1.86. The number of pyridine rings is 1. The van der Waals surface area contributed by atoms with Gasteiger partial charge in [0.2, 0.25) is 5.88 Å². The molecule has 0 unspecified atom stereocenters. The lowest BCUT2D eigenvalue weighted by atomic mass is 10.1. The lowest BCUT2D eigenvalue weighted by Gasteiger charge is -2.01. The minimum absolute atomic E-state index is 0.191. The SMILES string of the molecule is COc1ccc2[nH]c(-c3cc(C)ccc3O)nc2n1. The molecule has 19 heavy (non-hydrogen) atoms. The number of benzene rings is 1. The highest BCUT2D eigenvalue weighted by atomic mass is 16.5. The van der Waals surface area contributed by atoms with Crippen molar-refractivity contribution in [2.45, 2.75) is 6.92 Å². The molecular weight excluding hydrogens is 242 g/mol. The number of phenolic OH excluding ortho intramolecular Hbond substituents is 1. The van der Waals surface area contributed by atoms with E-state index in [2.05, 4.69) is 15.0 Å². The van der Waals surface area contributed by atoms with Gasteiger partial charge in [-0.3, -0.25) is 0 Å². The van der Waals surface area contributed by atoms with E-state index in [1.807, 2.05) is 25.1 Å². The molecular formula is C14H13N3O2. The lowest BCUT2D eigenvalue weighted by molar-refractivity contribution is 0.399. The molecule has 0 radical (unpaired) electrons. The van der Waals surface area contributed by atoms with Crippen LogP contribution in [0.25, 0.3) is 22.6 Å². The first-order valence-corrected chi connectivity index (χ1v) is 5.88. The average molecular weight is 255 g/mol. The molecule has 3 aromatic rings. The van der Waals surface area contributed by atoms with Gasteiger partial charge < -0.3 is 14.8 Å². The molecule has 5 heteroatoms.